The first-order valence-electron chi connectivity index (χ1n) is 7.71. The molecule has 2 aromatic carbocycles. The van der Waals surface area contributed by atoms with E-state index < -0.39 is 0 Å². The topological polar surface area (TPSA) is 38.7 Å². The fourth-order valence-corrected chi connectivity index (χ4v) is 2.64. The SMILES string of the molecule is Fc1ccccc1Cc1cccc(-c2ncc3ccccc3n2)n1. The smallest absolute Gasteiger partial charge is 0.178 e. The molecule has 0 aliphatic carbocycles. The summed E-state index contributed by atoms with van der Waals surface area (Å²) in [5.74, 6) is 0.357. The third-order valence-electron chi connectivity index (χ3n) is 3.85. The quantitative estimate of drug-likeness (QED) is 0.561. The predicted octanol–water partition coefficient (Wildman–Crippen LogP) is 4.42. The lowest BCUT2D eigenvalue weighted by Crippen LogP contribution is -1.98. The summed E-state index contributed by atoms with van der Waals surface area (Å²) < 4.78 is 13.8. The Morgan fingerprint density at radius 3 is 2.54 bits per heavy atom. The maximum absolute atomic E-state index is 13.8. The molecule has 0 aliphatic rings. The molecule has 0 radical (unpaired) electrons. The number of rotatable bonds is 3. The Kier molecular flexibility index (Phi) is 3.71. The predicted molar refractivity (Wildman–Crippen MR) is 92.0 cm³/mol. The number of benzene rings is 2. The van der Waals surface area contributed by atoms with Crippen molar-refractivity contribution >= 4 is 10.9 Å². The third-order valence-corrected chi connectivity index (χ3v) is 3.85. The van der Waals surface area contributed by atoms with Crippen molar-refractivity contribution in [2.75, 3.05) is 0 Å². The molecule has 116 valence electrons. The van der Waals surface area contributed by atoms with Gasteiger partial charge in [-0.25, -0.2) is 19.3 Å². The second kappa shape index (κ2) is 6.16. The van der Waals surface area contributed by atoms with E-state index in [1.807, 2.05) is 48.5 Å². The van der Waals surface area contributed by atoms with Gasteiger partial charge in [-0.2, -0.15) is 0 Å². The number of fused-ring (bicyclic) bond motifs is 1. The molecule has 0 aliphatic heterocycles. The summed E-state index contributed by atoms with van der Waals surface area (Å²) in [5.41, 5.74) is 2.98. The molecule has 0 bridgehead atoms. The van der Waals surface area contributed by atoms with Gasteiger partial charge in [0.15, 0.2) is 5.82 Å². The van der Waals surface area contributed by atoms with Crippen molar-refractivity contribution in [3.05, 3.63) is 90.0 Å². The number of hydrogen-bond donors (Lipinski definition) is 0. The summed E-state index contributed by atoms with van der Waals surface area (Å²) in [4.78, 5) is 13.6. The molecule has 4 aromatic rings. The van der Waals surface area contributed by atoms with Crippen LogP contribution in [0.15, 0.2) is 72.9 Å². The fourth-order valence-electron chi connectivity index (χ4n) is 2.64. The maximum Gasteiger partial charge on any atom is 0.178 e. The number of pyridine rings is 1. The molecule has 0 fully saturated rings. The lowest BCUT2D eigenvalue weighted by atomic mass is 10.1. The first-order valence-corrected chi connectivity index (χ1v) is 7.71. The summed E-state index contributed by atoms with van der Waals surface area (Å²) in [5, 5.41) is 0.990. The highest BCUT2D eigenvalue weighted by molar-refractivity contribution is 5.79. The minimum atomic E-state index is -0.216. The van der Waals surface area contributed by atoms with Crippen molar-refractivity contribution < 1.29 is 4.39 Å². The Hall–Kier alpha value is -3.14. The average molecular weight is 315 g/mol. The lowest BCUT2D eigenvalue weighted by molar-refractivity contribution is 0.613. The molecule has 3 nitrogen and oxygen atoms in total. The second-order valence-corrected chi connectivity index (χ2v) is 5.53. The highest BCUT2D eigenvalue weighted by Crippen LogP contribution is 2.18. The Morgan fingerprint density at radius 2 is 1.62 bits per heavy atom. The van der Waals surface area contributed by atoms with Crippen molar-refractivity contribution in [1.29, 1.82) is 0 Å². The van der Waals surface area contributed by atoms with Gasteiger partial charge in [-0.15, -0.1) is 0 Å². The van der Waals surface area contributed by atoms with Crippen molar-refractivity contribution in [2.45, 2.75) is 6.42 Å². The van der Waals surface area contributed by atoms with Gasteiger partial charge in [0.1, 0.15) is 11.5 Å². The van der Waals surface area contributed by atoms with E-state index in [2.05, 4.69) is 15.0 Å². The van der Waals surface area contributed by atoms with E-state index in [9.17, 15) is 4.39 Å². The number of aromatic nitrogens is 3. The van der Waals surface area contributed by atoms with E-state index in [1.54, 1.807) is 18.3 Å². The molecule has 4 rings (SSSR count). The molecule has 4 heteroatoms. The molecule has 0 saturated heterocycles. The van der Waals surface area contributed by atoms with Gasteiger partial charge in [0.25, 0.3) is 0 Å². The summed E-state index contributed by atoms with van der Waals surface area (Å²) >= 11 is 0. The molecular formula is C20H14FN3. The first-order chi connectivity index (χ1) is 11.8. The Morgan fingerprint density at radius 1 is 0.792 bits per heavy atom. The fraction of sp³-hybridized carbons (Fsp3) is 0.0500. The summed E-state index contributed by atoms with van der Waals surface area (Å²) in [6.07, 6.45) is 2.23. The lowest BCUT2D eigenvalue weighted by Gasteiger charge is -2.06. The van der Waals surface area contributed by atoms with Crippen LogP contribution >= 0.6 is 0 Å². The zero-order valence-electron chi connectivity index (χ0n) is 12.9. The minimum Gasteiger partial charge on any atom is -0.249 e. The molecule has 0 saturated carbocycles. The van der Waals surface area contributed by atoms with Gasteiger partial charge in [-0.05, 0) is 29.8 Å². The molecule has 0 spiro atoms. The molecular weight excluding hydrogens is 301 g/mol. The molecule has 0 amide bonds. The van der Waals surface area contributed by atoms with E-state index in [0.29, 0.717) is 23.5 Å². The Balaban J connectivity index is 1.70. The van der Waals surface area contributed by atoms with Crippen LogP contribution in [0, 0.1) is 5.82 Å². The monoisotopic (exact) mass is 315 g/mol. The minimum absolute atomic E-state index is 0.216. The maximum atomic E-state index is 13.8. The molecule has 0 atom stereocenters. The van der Waals surface area contributed by atoms with Crippen LogP contribution in [-0.4, -0.2) is 15.0 Å². The van der Waals surface area contributed by atoms with Crippen molar-refractivity contribution in [3.8, 4) is 11.5 Å². The van der Waals surface area contributed by atoms with Gasteiger partial charge in [-0.3, -0.25) is 0 Å². The molecule has 24 heavy (non-hydrogen) atoms. The third kappa shape index (κ3) is 2.86. The van der Waals surface area contributed by atoms with Crippen molar-refractivity contribution in [2.24, 2.45) is 0 Å². The van der Waals surface area contributed by atoms with Crippen molar-refractivity contribution in [1.82, 2.24) is 15.0 Å². The van der Waals surface area contributed by atoms with Gasteiger partial charge in [0.2, 0.25) is 0 Å². The molecule has 2 aromatic heterocycles. The van der Waals surface area contributed by atoms with Gasteiger partial charge in [0, 0.05) is 23.7 Å². The second-order valence-electron chi connectivity index (χ2n) is 5.53. The van der Waals surface area contributed by atoms with Crippen LogP contribution in [0.5, 0.6) is 0 Å². The van der Waals surface area contributed by atoms with Crippen LogP contribution < -0.4 is 0 Å². The highest BCUT2D eigenvalue weighted by atomic mass is 19.1. The zero-order chi connectivity index (χ0) is 16.4. The van der Waals surface area contributed by atoms with Crippen molar-refractivity contribution in [3.63, 3.8) is 0 Å². The van der Waals surface area contributed by atoms with Crippen LogP contribution in [-0.2, 0) is 6.42 Å². The summed E-state index contributed by atoms with van der Waals surface area (Å²) in [6, 6.07) is 20.2. The average Bonchev–Trinajstić information content (AvgIpc) is 2.63. The number of hydrogen-bond acceptors (Lipinski definition) is 3. The van der Waals surface area contributed by atoms with Crippen LogP contribution in [0.25, 0.3) is 22.4 Å². The normalized spacial score (nSPS) is 10.9. The standard InChI is InChI=1S/C20H14FN3/c21-17-9-3-1-6-14(17)12-16-8-5-11-19(23-16)20-22-13-15-7-2-4-10-18(15)24-20/h1-11,13H,12H2. The molecule has 0 unspecified atom stereocenters. The van der Waals surface area contributed by atoms with Crippen LogP contribution in [0.1, 0.15) is 11.3 Å². The van der Waals surface area contributed by atoms with Crippen LogP contribution in [0.4, 0.5) is 4.39 Å². The largest absolute Gasteiger partial charge is 0.249 e. The summed E-state index contributed by atoms with van der Waals surface area (Å²) in [7, 11) is 0. The van der Waals surface area contributed by atoms with Crippen LogP contribution in [0.3, 0.4) is 0 Å². The van der Waals surface area contributed by atoms with Gasteiger partial charge >= 0.3 is 0 Å². The zero-order valence-corrected chi connectivity index (χ0v) is 12.9. The van der Waals surface area contributed by atoms with Gasteiger partial charge in [0.05, 0.1) is 5.52 Å². The number of para-hydroxylation sites is 1. The Labute approximate surface area is 138 Å². The number of nitrogens with zero attached hydrogens (tertiary/aromatic N) is 3. The van der Waals surface area contributed by atoms with E-state index in [0.717, 1.165) is 16.6 Å². The first kappa shape index (κ1) is 14.5. The Bertz CT molecular complexity index is 1010. The van der Waals surface area contributed by atoms with Gasteiger partial charge in [-0.1, -0.05) is 42.5 Å². The van der Waals surface area contributed by atoms with E-state index in [1.165, 1.54) is 6.07 Å². The molecule has 2 heterocycles. The highest BCUT2D eigenvalue weighted by Gasteiger charge is 2.08. The van der Waals surface area contributed by atoms with Gasteiger partial charge < -0.3 is 0 Å². The number of halogens is 1. The van der Waals surface area contributed by atoms with E-state index in [4.69, 9.17) is 0 Å². The summed E-state index contributed by atoms with van der Waals surface area (Å²) in [6.45, 7) is 0. The molecule has 0 N–H and O–H groups in total. The van der Waals surface area contributed by atoms with Crippen LogP contribution in [0.2, 0.25) is 0 Å². The van der Waals surface area contributed by atoms with E-state index in [-0.39, 0.29) is 5.82 Å². The van der Waals surface area contributed by atoms with E-state index >= 15 is 0 Å².